The van der Waals surface area contributed by atoms with Gasteiger partial charge in [0.15, 0.2) is 5.82 Å². The fraction of sp³-hybridized carbons (Fsp3) is 0. The van der Waals surface area contributed by atoms with E-state index in [1.807, 2.05) is 84.9 Å². The zero-order chi connectivity index (χ0) is 42.6. The Kier molecular flexibility index (Phi) is 4.57. The second-order valence-corrected chi connectivity index (χ2v) is 12.7. The Morgan fingerprint density at radius 2 is 1.22 bits per heavy atom. The fourth-order valence-corrected chi connectivity index (χ4v) is 7.49. The number of hydrogen-bond donors (Lipinski definition) is 0. The number of nitrogens with zero attached hydrogens (tertiary/aromatic N) is 2. The van der Waals surface area contributed by atoms with Crippen molar-refractivity contribution in [2.24, 2.45) is 0 Å². The minimum absolute atomic E-state index is 0.0261. The van der Waals surface area contributed by atoms with Gasteiger partial charge < -0.3 is 4.42 Å². The van der Waals surface area contributed by atoms with E-state index in [9.17, 15) is 5.48 Å². The molecule has 0 aliphatic heterocycles. The van der Waals surface area contributed by atoms with E-state index in [-0.39, 0.29) is 39.4 Å². The van der Waals surface area contributed by atoms with E-state index in [2.05, 4.69) is 18.2 Å². The Morgan fingerprint density at radius 3 is 2.10 bits per heavy atom. The molecule has 234 valence electrons. The van der Waals surface area contributed by atoms with Gasteiger partial charge >= 0.3 is 0 Å². The summed E-state index contributed by atoms with van der Waals surface area (Å²) in [6.07, 6.45) is 0. The van der Waals surface area contributed by atoms with Crippen molar-refractivity contribution in [2.75, 3.05) is 0 Å². The highest BCUT2D eigenvalue weighted by atomic mass is 32.1. The van der Waals surface area contributed by atoms with E-state index >= 15 is 0 Å². The van der Waals surface area contributed by atoms with Crippen LogP contribution in [-0.2, 0) is 0 Å². The molecular weight excluding hydrogens is 629 g/mol. The summed E-state index contributed by atoms with van der Waals surface area (Å²) in [5, 5.41) is 1.78. The summed E-state index contributed by atoms with van der Waals surface area (Å²) in [5.74, 6) is -0.0261. The summed E-state index contributed by atoms with van der Waals surface area (Å²) in [7, 11) is 0. The molecule has 10 rings (SSSR count). The van der Waals surface area contributed by atoms with Crippen LogP contribution in [0.25, 0.3) is 98.3 Å². The van der Waals surface area contributed by atoms with Crippen molar-refractivity contribution in [1.29, 1.82) is 0 Å². The van der Waals surface area contributed by atoms with E-state index in [0.717, 1.165) is 42.4 Å². The zero-order valence-electron chi connectivity index (χ0n) is 37.0. The minimum atomic E-state index is -0.677. The molecule has 3 nitrogen and oxygen atoms in total. The average Bonchev–Trinajstić information content (AvgIpc) is 3.88. The van der Waals surface area contributed by atoms with Gasteiger partial charge in [-0.15, -0.1) is 11.3 Å². The number of benzene rings is 7. The van der Waals surface area contributed by atoms with Crippen LogP contribution in [0.5, 0.6) is 0 Å². The third kappa shape index (κ3) is 4.89. The second-order valence-electron chi connectivity index (χ2n) is 11.7. The molecule has 0 spiro atoms. The molecule has 0 saturated heterocycles. The maximum atomic E-state index is 9.51. The van der Waals surface area contributed by atoms with Crippen molar-refractivity contribution < 1.29 is 19.5 Å². The summed E-state index contributed by atoms with van der Waals surface area (Å²) < 4.78 is 105. The van der Waals surface area contributed by atoms with Crippen molar-refractivity contribution >= 4 is 53.4 Å². The molecule has 10 aromatic rings. The average molecular weight is 668 g/mol. The Bertz CT molecular complexity index is 3470. The minimum Gasteiger partial charge on any atom is -0.456 e. The number of fused-ring (bicyclic) bond motifs is 6. The third-order valence-corrected chi connectivity index (χ3v) is 9.90. The lowest BCUT2D eigenvalue weighted by atomic mass is 10.0. The molecule has 0 atom stereocenters. The summed E-state index contributed by atoms with van der Waals surface area (Å²) in [4.78, 5) is 9.91. The van der Waals surface area contributed by atoms with Crippen molar-refractivity contribution in [3.05, 3.63) is 170 Å². The van der Waals surface area contributed by atoms with Crippen LogP contribution in [0.3, 0.4) is 0 Å². The van der Waals surface area contributed by atoms with Gasteiger partial charge in [-0.3, -0.25) is 0 Å². The second kappa shape index (κ2) is 11.7. The van der Waals surface area contributed by atoms with Crippen molar-refractivity contribution in [3.8, 4) is 56.2 Å². The predicted molar refractivity (Wildman–Crippen MR) is 209 cm³/mol. The first kappa shape index (κ1) is 19.6. The standard InChI is InChI=1S/C46H28N2OS/c1-3-10-29(11-4-1)31-18-20-32(21-19-31)40-28-41(38-16-9-15-37-36-14-7-8-17-44(36)50-45(37)38)48-46(47-40)34-22-24-35-39-26-33(30-12-5-2-6-13-30)23-25-42(39)49-43(35)27-34/h1-28H/i2D,5D,6D,12D,13D,22D,23D,24D,25D,26D,27D. The SMILES string of the molecule is [2H]c1c([2H])c([2H])c(-c2c([2H])c([2H])c3oc4c([2H])c(-c5nc(-c6ccc(-c7ccccc7)cc6)cc(-c6cccc7c6sc6ccccc67)n5)c([2H])c([2H])c4c3c2[2H])c([2H])c1[2H]. The highest BCUT2D eigenvalue weighted by Gasteiger charge is 2.17. The molecule has 0 amide bonds. The topological polar surface area (TPSA) is 38.9 Å². The van der Waals surface area contributed by atoms with Gasteiger partial charge in [0.25, 0.3) is 0 Å². The Balaban J connectivity index is 1.23. The van der Waals surface area contributed by atoms with E-state index in [4.69, 9.17) is 24.0 Å². The van der Waals surface area contributed by atoms with Gasteiger partial charge in [0.1, 0.15) is 11.2 Å². The zero-order valence-corrected chi connectivity index (χ0v) is 26.8. The predicted octanol–water partition coefficient (Wildman–Crippen LogP) is 13.1. The van der Waals surface area contributed by atoms with E-state index < -0.39 is 71.6 Å². The maximum absolute atomic E-state index is 9.51. The highest BCUT2D eigenvalue weighted by Crippen LogP contribution is 2.41. The third-order valence-electron chi connectivity index (χ3n) is 8.68. The Morgan fingerprint density at radius 1 is 0.480 bits per heavy atom. The lowest BCUT2D eigenvalue weighted by molar-refractivity contribution is 0.669. The van der Waals surface area contributed by atoms with E-state index in [0.29, 0.717) is 11.4 Å². The maximum Gasteiger partial charge on any atom is 0.160 e. The molecule has 0 N–H and O–H groups in total. The summed E-state index contributed by atoms with van der Waals surface area (Å²) in [6, 6.07) is 27.4. The first-order chi connectivity index (χ1) is 29.3. The summed E-state index contributed by atoms with van der Waals surface area (Å²) in [5.41, 5.74) is 3.03. The van der Waals surface area contributed by atoms with Crippen LogP contribution >= 0.6 is 11.3 Å². The molecule has 3 aromatic heterocycles. The van der Waals surface area contributed by atoms with Crippen LogP contribution < -0.4 is 0 Å². The quantitative estimate of drug-likeness (QED) is 0.183. The fourth-order valence-electron chi connectivity index (χ4n) is 6.26. The lowest BCUT2D eigenvalue weighted by Crippen LogP contribution is -1.96. The normalized spacial score (nSPS) is 14.7. The van der Waals surface area contributed by atoms with Crippen LogP contribution in [0.2, 0.25) is 0 Å². The van der Waals surface area contributed by atoms with Crippen molar-refractivity contribution in [2.45, 2.75) is 0 Å². The summed E-state index contributed by atoms with van der Waals surface area (Å²) in [6.45, 7) is 0. The molecule has 0 saturated carbocycles. The van der Waals surface area contributed by atoms with Crippen LogP contribution in [0, 0.1) is 0 Å². The number of hydrogen-bond acceptors (Lipinski definition) is 4. The molecule has 0 radical (unpaired) electrons. The molecule has 50 heavy (non-hydrogen) atoms. The monoisotopic (exact) mass is 667 g/mol. The molecule has 0 unspecified atom stereocenters. The van der Waals surface area contributed by atoms with Crippen LogP contribution in [-0.4, -0.2) is 9.97 Å². The van der Waals surface area contributed by atoms with Crippen LogP contribution in [0.15, 0.2) is 174 Å². The van der Waals surface area contributed by atoms with Gasteiger partial charge in [-0.25, -0.2) is 9.97 Å². The molecule has 7 aromatic carbocycles. The lowest BCUT2D eigenvalue weighted by Gasteiger charge is -2.11. The van der Waals surface area contributed by atoms with Crippen LogP contribution in [0.1, 0.15) is 15.1 Å². The van der Waals surface area contributed by atoms with Gasteiger partial charge in [0, 0.05) is 47.6 Å². The molecular formula is C46H28N2OS. The number of aromatic nitrogens is 2. The number of furan rings is 1. The first-order valence-electron chi connectivity index (χ1n) is 21.3. The number of rotatable bonds is 5. The van der Waals surface area contributed by atoms with Gasteiger partial charge in [-0.2, -0.15) is 0 Å². The molecule has 0 aliphatic rings. The Hall–Kier alpha value is -6.36. The number of thiophene rings is 1. The summed E-state index contributed by atoms with van der Waals surface area (Å²) >= 11 is 1.62. The first-order valence-corrected chi connectivity index (χ1v) is 16.7. The highest BCUT2D eigenvalue weighted by molar-refractivity contribution is 7.26. The molecule has 3 heterocycles. The van der Waals surface area contributed by atoms with Gasteiger partial charge in [0.05, 0.1) is 26.5 Å². The van der Waals surface area contributed by atoms with E-state index in [1.165, 1.54) is 0 Å². The molecule has 4 heteroatoms. The van der Waals surface area contributed by atoms with Gasteiger partial charge in [-0.05, 0) is 58.6 Å². The largest absolute Gasteiger partial charge is 0.456 e. The van der Waals surface area contributed by atoms with Gasteiger partial charge in [-0.1, -0.05) is 133 Å². The van der Waals surface area contributed by atoms with E-state index in [1.54, 1.807) is 11.3 Å². The van der Waals surface area contributed by atoms with Crippen LogP contribution in [0.4, 0.5) is 0 Å². The van der Waals surface area contributed by atoms with Crippen molar-refractivity contribution in [3.63, 3.8) is 0 Å². The van der Waals surface area contributed by atoms with Crippen molar-refractivity contribution in [1.82, 2.24) is 9.97 Å². The van der Waals surface area contributed by atoms with Gasteiger partial charge in [0.2, 0.25) is 0 Å². The molecule has 0 fully saturated rings. The smallest absolute Gasteiger partial charge is 0.160 e. The molecule has 0 bridgehead atoms. The Labute approximate surface area is 308 Å². The molecule has 0 aliphatic carbocycles.